The van der Waals surface area contributed by atoms with Crippen molar-refractivity contribution in [3.05, 3.63) is 12.7 Å². The number of nitrogen functional groups attached to an aromatic ring is 1. The molecule has 0 unspecified atom stereocenters. The molecule has 1 amide bonds. The van der Waals surface area contributed by atoms with Gasteiger partial charge in [-0.2, -0.15) is 8.42 Å². The van der Waals surface area contributed by atoms with E-state index >= 15 is 0 Å². The molecule has 178 valence electrons. The minimum atomic E-state index is -4.56. The van der Waals surface area contributed by atoms with E-state index in [1.54, 1.807) is 23.1 Å². The summed E-state index contributed by atoms with van der Waals surface area (Å²) in [6.45, 7) is 2.73. The Morgan fingerprint density at radius 1 is 1.41 bits per heavy atom. The number of aliphatic hydroxyl groups excluding tert-OH is 2. The van der Waals surface area contributed by atoms with Gasteiger partial charge < -0.3 is 25.4 Å². The lowest BCUT2D eigenvalue weighted by molar-refractivity contribution is -0.138. The molecule has 0 aliphatic carbocycles. The number of anilines is 1. The van der Waals surface area contributed by atoms with E-state index in [4.69, 9.17) is 19.4 Å². The van der Waals surface area contributed by atoms with E-state index in [0.717, 1.165) is 0 Å². The van der Waals surface area contributed by atoms with Crippen molar-refractivity contribution in [2.45, 2.75) is 50.9 Å². The maximum Gasteiger partial charge on any atom is 0.362 e. The van der Waals surface area contributed by atoms with Crippen LogP contribution < -0.4 is 10.5 Å². The van der Waals surface area contributed by atoms with Crippen molar-refractivity contribution in [3.63, 3.8) is 0 Å². The largest absolute Gasteiger partial charge is 0.390 e. The van der Waals surface area contributed by atoms with Crippen molar-refractivity contribution in [1.82, 2.24) is 24.2 Å². The summed E-state index contributed by atoms with van der Waals surface area (Å²) in [5, 5.41) is 20.3. The number of nitrogens with zero attached hydrogens (tertiary/aromatic N) is 4. The van der Waals surface area contributed by atoms with Crippen molar-refractivity contribution in [1.29, 1.82) is 0 Å². The zero-order chi connectivity index (χ0) is 23.6. The summed E-state index contributed by atoms with van der Waals surface area (Å²) in [5.41, 5.74) is 6.52. The van der Waals surface area contributed by atoms with Crippen LogP contribution in [-0.2, 0) is 28.8 Å². The van der Waals surface area contributed by atoms with Gasteiger partial charge in [-0.25, -0.2) is 19.7 Å². The lowest BCUT2D eigenvalue weighted by Gasteiger charge is -2.23. The standard InChI is InChI=1S/C17H26N6O8S/c1-8(2)13(25)14(29-3)17(26)22-32(27,28)30-5-10-9(24)4-11(31-10)23-7-21-12-15(18)19-6-20-16(12)23/h6-11,13-14,24-25H,4-5H2,1-3H3,(H,22,26)(H2,18,19,20)/t9-,10+,11+,13+,14-/m0/s1. The van der Waals surface area contributed by atoms with E-state index in [-0.39, 0.29) is 18.2 Å². The zero-order valence-electron chi connectivity index (χ0n) is 17.7. The third-order valence-corrected chi connectivity index (χ3v) is 5.92. The van der Waals surface area contributed by atoms with E-state index in [1.165, 1.54) is 19.8 Å². The molecular weight excluding hydrogens is 448 g/mol. The first-order chi connectivity index (χ1) is 15.0. The molecule has 15 heteroatoms. The molecule has 1 aliphatic rings. The molecule has 0 radical (unpaired) electrons. The van der Waals surface area contributed by atoms with Gasteiger partial charge in [-0.15, -0.1) is 0 Å². The minimum Gasteiger partial charge on any atom is -0.390 e. The number of fused-ring (bicyclic) bond motifs is 1. The first-order valence-electron chi connectivity index (χ1n) is 9.72. The number of carbonyl (C=O) groups is 1. The normalized spacial score (nSPS) is 23.5. The molecule has 0 saturated carbocycles. The van der Waals surface area contributed by atoms with Crippen LogP contribution >= 0.6 is 0 Å². The van der Waals surface area contributed by atoms with Gasteiger partial charge in [-0.1, -0.05) is 13.8 Å². The summed E-state index contributed by atoms with van der Waals surface area (Å²) in [5.74, 6) is -1.25. The van der Waals surface area contributed by atoms with Crippen LogP contribution in [0.5, 0.6) is 0 Å². The van der Waals surface area contributed by atoms with E-state index in [9.17, 15) is 23.4 Å². The van der Waals surface area contributed by atoms with Crippen molar-refractivity contribution >= 4 is 33.2 Å². The predicted octanol–water partition coefficient (Wildman–Crippen LogP) is -1.53. The Hall–Kier alpha value is -2.43. The Morgan fingerprint density at radius 2 is 2.12 bits per heavy atom. The van der Waals surface area contributed by atoms with E-state index < -0.39 is 53.5 Å². The second kappa shape index (κ2) is 9.60. The molecule has 2 aromatic rings. The maximum absolute atomic E-state index is 12.2. The van der Waals surface area contributed by atoms with Gasteiger partial charge in [0, 0.05) is 13.5 Å². The summed E-state index contributed by atoms with van der Waals surface area (Å²) in [6, 6.07) is 0. The van der Waals surface area contributed by atoms with Crippen LogP contribution in [0.15, 0.2) is 12.7 Å². The van der Waals surface area contributed by atoms with Gasteiger partial charge in [-0.3, -0.25) is 13.5 Å². The number of nitrogens with one attached hydrogen (secondary N) is 1. The maximum atomic E-state index is 12.2. The molecule has 3 heterocycles. The third kappa shape index (κ3) is 5.13. The van der Waals surface area contributed by atoms with Crippen LogP contribution in [0.25, 0.3) is 11.2 Å². The average Bonchev–Trinajstić information content (AvgIpc) is 3.30. The molecule has 0 aromatic carbocycles. The quantitative estimate of drug-likeness (QED) is 0.327. The van der Waals surface area contributed by atoms with Gasteiger partial charge in [0.15, 0.2) is 17.6 Å². The Balaban J connectivity index is 1.61. The van der Waals surface area contributed by atoms with Gasteiger partial charge >= 0.3 is 10.3 Å². The molecular formula is C17H26N6O8S. The van der Waals surface area contributed by atoms with Gasteiger partial charge in [0.1, 0.15) is 24.2 Å². The van der Waals surface area contributed by atoms with Crippen LogP contribution in [0.3, 0.4) is 0 Å². The lowest BCUT2D eigenvalue weighted by Crippen LogP contribution is -2.48. The molecule has 2 aromatic heterocycles. The van der Waals surface area contributed by atoms with Crippen LogP contribution in [-0.4, -0.2) is 82.2 Å². The van der Waals surface area contributed by atoms with Crippen LogP contribution in [0.4, 0.5) is 5.82 Å². The highest BCUT2D eigenvalue weighted by Gasteiger charge is 2.38. The highest BCUT2D eigenvalue weighted by molar-refractivity contribution is 7.85. The number of aliphatic hydroxyl groups is 2. The number of nitrogens with two attached hydrogens (primary N) is 1. The van der Waals surface area contributed by atoms with Gasteiger partial charge in [0.05, 0.1) is 25.1 Å². The van der Waals surface area contributed by atoms with Crippen molar-refractivity contribution in [2.24, 2.45) is 5.92 Å². The van der Waals surface area contributed by atoms with Gasteiger partial charge in [0.2, 0.25) is 0 Å². The average molecular weight is 474 g/mol. The highest BCUT2D eigenvalue weighted by Crippen LogP contribution is 2.31. The third-order valence-electron chi connectivity index (χ3n) is 5.02. The number of aromatic nitrogens is 4. The highest BCUT2D eigenvalue weighted by atomic mass is 32.2. The summed E-state index contributed by atoms with van der Waals surface area (Å²) >= 11 is 0. The number of amides is 1. The van der Waals surface area contributed by atoms with Crippen LogP contribution in [0.1, 0.15) is 26.5 Å². The van der Waals surface area contributed by atoms with Crippen molar-refractivity contribution in [2.75, 3.05) is 19.5 Å². The molecule has 1 fully saturated rings. The number of imidazole rings is 1. The second-order valence-corrected chi connectivity index (χ2v) is 8.96. The fraction of sp³-hybridized carbons (Fsp3) is 0.647. The predicted molar refractivity (Wildman–Crippen MR) is 109 cm³/mol. The lowest BCUT2D eigenvalue weighted by atomic mass is 10.0. The van der Waals surface area contributed by atoms with Gasteiger partial charge in [-0.05, 0) is 5.92 Å². The van der Waals surface area contributed by atoms with E-state index in [1.807, 2.05) is 0 Å². The zero-order valence-corrected chi connectivity index (χ0v) is 18.5. The molecule has 5 N–H and O–H groups in total. The second-order valence-electron chi connectivity index (χ2n) is 7.61. The smallest absolute Gasteiger partial charge is 0.362 e. The molecule has 0 bridgehead atoms. The Morgan fingerprint density at radius 3 is 2.78 bits per heavy atom. The SMILES string of the molecule is CO[C@H](C(=O)NS(=O)(=O)OC[C@H]1O[C@@H](n2cnc3c(N)ncnc32)C[C@@H]1O)[C@H](O)C(C)C. The van der Waals surface area contributed by atoms with E-state index in [0.29, 0.717) is 11.2 Å². The molecule has 0 spiro atoms. The molecule has 14 nitrogen and oxygen atoms in total. The molecule has 1 saturated heterocycles. The Labute approximate surface area is 184 Å². The fourth-order valence-electron chi connectivity index (χ4n) is 3.24. The summed E-state index contributed by atoms with van der Waals surface area (Å²) in [7, 11) is -3.38. The number of rotatable bonds is 9. The first kappa shape index (κ1) is 24.2. The summed E-state index contributed by atoms with van der Waals surface area (Å²) < 4.78 is 43.0. The number of hydrogen-bond donors (Lipinski definition) is 4. The van der Waals surface area contributed by atoms with Crippen molar-refractivity contribution < 1.29 is 37.1 Å². The molecule has 5 atom stereocenters. The minimum absolute atomic E-state index is 0.113. The van der Waals surface area contributed by atoms with Gasteiger partial charge in [0.25, 0.3) is 5.91 Å². The van der Waals surface area contributed by atoms with Crippen molar-refractivity contribution in [3.8, 4) is 0 Å². The first-order valence-corrected chi connectivity index (χ1v) is 11.1. The molecule has 32 heavy (non-hydrogen) atoms. The topological polar surface area (TPSA) is 201 Å². The van der Waals surface area contributed by atoms with Crippen LogP contribution in [0, 0.1) is 5.92 Å². The number of carbonyl (C=O) groups excluding carboxylic acids is 1. The summed E-state index contributed by atoms with van der Waals surface area (Å²) in [6.07, 6.45) is -2.59. The van der Waals surface area contributed by atoms with E-state index in [2.05, 4.69) is 15.0 Å². The Bertz CT molecular complexity index is 1060. The fourth-order valence-corrected chi connectivity index (χ4v) is 3.97. The monoisotopic (exact) mass is 474 g/mol. The molecule has 3 rings (SSSR count). The van der Waals surface area contributed by atoms with Crippen LogP contribution in [0.2, 0.25) is 0 Å². The summed E-state index contributed by atoms with van der Waals surface area (Å²) in [4.78, 5) is 24.3. The number of ether oxygens (including phenoxy) is 2. The Kier molecular flexibility index (Phi) is 7.26. The number of methoxy groups -OCH3 is 1. The molecule has 1 aliphatic heterocycles. The number of hydrogen-bond acceptors (Lipinski definition) is 12.